The summed E-state index contributed by atoms with van der Waals surface area (Å²) in [7, 11) is 0. The number of thiophene rings is 1. The number of furan rings is 1. The minimum atomic E-state index is -0.514. The summed E-state index contributed by atoms with van der Waals surface area (Å²) in [6.07, 6.45) is 0. The molecule has 0 saturated carbocycles. The molecule has 0 N–H and O–H groups in total. The largest absolute Gasteiger partial charge is 0.453 e. The standard InChI is InChI=1S/C55H35NOS/c1-3-15-36(16-4-1)41-22-13-23-46-47-24-14-27-50(54(47)57-53(41)46)56(39-17-5-2-6-18-39)40-32-29-37(30-33-40)55(48-25-10-7-19-42(48)43-20-8-11-26-49(43)55)38-31-34-45-44-21-9-12-28-51(44)58-52(45)35-38/h1-35H. The molecular formula is C55H35NOS. The third-order valence-electron chi connectivity index (χ3n) is 12.2. The van der Waals surface area contributed by atoms with Gasteiger partial charge in [0.1, 0.15) is 5.58 Å². The van der Waals surface area contributed by atoms with E-state index in [0.717, 1.165) is 50.1 Å². The molecule has 0 atom stereocenters. The van der Waals surface area contributed by atoms with Crippen molar-refractivity contribution in [3.05, 3.63) is 235 Å². The van der Waals surface area contributed by atoms with Crippen LogP contribution in [0.15, 0.2) is 217 Å². The summed E-state index contributed by atoms with van der Waals surface area (Å²) in [5.74, 6) is 0. The lowest BCUT2D eigenvalue weighted by molar-refractivity contribution is 0.670. The first kappa shape index (κ1) is 33.0. The summed E-state index contributed by atoms with van der Waals surface area (Å²) in [4.78, 5) is 2.34. The Hall–Kier alpha value is -7.20. The van der Waals surface area contributed by atoms with Gasteiger partial charge in [0, 0.05) is 47.9 Å². The van der Waals surface area contributed by atoms with Gasteiger partial charge in [0.25, 0.3) is 0 Å². The predicted octanol–water partition coefficient (Wildman–Crippen LogP) is 15.5. The molecule has 0 aliphatic heterocycles. The Morgan fingerprint density at radius 1 is 0.379 bits per heavy atom. The van der Waals surface area contributed by atoms with Crippen LogP contribution in [0.2, 0.25) is 0 Å². The van der Waals surface area contributed by atoms with Gasteiger partial charge in [-0.25, -0.2) is 0 Å². The molecule has 0 amide bonds. The van der Waals surface area contributed by atoms with E-state index >= 15 is 0 Å². The van der Waals surface area contributed by atoms with Crippen LogP contribution in [0.3, 0.4) is 0 Å². The molecule has 12 rings (SSSR count). The van der Waals surface area contributed by atoms with E-state index in [1.807, 2.05) is 11.3 Å². The average molecular weight is 758 g/mol. The maximum Gasteiger partial charge on any atom is 0.159 e. The zero-order valence-electron chi connectivity index (χ0n) is 31.5. The SMILES string of the molecule is c1ccc(-c2cccc3c2oc2c(N(c4ccccc4)c4ccc(C5(c6ccc7c(c6)sc6ccccc67)c6ccccc6-c6ccccc65)cc4)cccc23)cc1. The summed E-state index contributed by atoms with van der Waals surface area (Å²) in [6.45, 7) is 0. The van der Waals surface area contributed by atoms with Gasteiger partial charge in [-0.1, -0.05) is 170 Å². The molecule has 0 spiro atoms. The summed E-state index contributed by atoms with van der Waals surface area (Å²) < 4.78 is 9.59. The maximum absolute atomic E-state index is 6.97. The van der Waals surface area contributed by atoms with Crippen LogP contribution in [0.4, 0.5) is 17.1 Å². The molecule has 9 aromatic carbocycles. The highest BCUT2D eigenvalue weighted by Gasteiger charge is 2.46. The first-order chi connectivity index (χ1) is 28.8. The second-order valence-corrected chi connectivity index (χ2v) is 16.3. The Morgan fingerprint density at radius 2 is 0.931 bits per heavy atom. The second-order valence-electron chi connectivity index (χ2n) is 15.2. The van der Waals surface area contributed by atoms with Gasteiger partial charge in [-0.15, -0.1) is 11.3 Å². The Bertz CT molecular complexity index is 3300. The lowest BCUT2D eigenvalue weighted by Crippen LogP contribution is -2.28. The summed E-state index contributed by atoms with van der Waals surface area (Å²) >= 11 is 1.88. The fourth-order valence-electron chi connectivity index (χ4n) is 9.67. The number of rotatable bonds is 6. The van der Waals surface area contributed by atoms with Crippen LogP contribution in [0.1, 0.15) is 22.3 Å². The minimum Gasteiger partial charge on any atom is -0.453 e. The summed E-state index contributed by atoms with van der Waals surface area (Å²) in [5.41, 5.74) is 14.3. The molecule has 2 aromatic heterocycles. The molecule has 11 aromatic rings. The van der Waals surface area contributed by atoms with Crippen molar-refractivity contribution in [3.63, 3.8) is 0 Å². The van der Waals surface area contributed by atoms with Crippen molar-refractivity contribution >= 4 is 70.5 Å². The lowest BCUT2D eigenvalue weighted by atomic mass is 9.67. The second kappa shape index (κ2) is 12.9. The van der Waals surface area contributed by atoms with Crippen LogP contribution >= 0.6 is 11.3 Å². The topological polar surface area (TPSA) is 16.4 Å². The summed E-state index contributed by atoms with van der Waals surface area (Å²) in [6, 6.07) is 77.3. The van der Waals surface area contributed by atoms with E-state index in [1.165, 1.54) is 53.6 Å². The fraction of sp³-hybridized carbons (Fsp3) is 0.0182. The van der Waals surface area contributed by atoms with Gasteiger partial charge >= 0.3 is 0 Å². The predicted molar refractivity (Wildman–Crippen MR) is 244 cm³/mol. The number of hydrogen-bond donors (Lipinski definition) is 0. The molecule has 0 radical (unpaired) electrons. The molecule has 0 unspecified atom stereocenters. The molecule has 58 heavy (non-hydrogen) atoms. The molecule has 0 bridgehead atoms. The van der Waals surface area contributed by atoms with Gasteiger partial charge in [0.15, 0.2) is 5.58 Å². The van der Waals surface area contributed by atoms with Crippen LogP contribution < -0.4 is 4.90 Å². The van der Waals surface area contributed by atoms with Crippen molar-refractivity contribution in [3.8, 4) is 22.3 Å². The van der Waals surface area contributed by atoms with Gasteiger partial charge < -0.3 is 9.32 Å². The molecule has 2 heterocycles. The monoisotopic (exact) mass is 757 g/mol. The maximum atomic E-state index is 6.97. The number of nitrogens with zero attached hydrogens (tertiary/aromatic N) is 1. The highest BCUT2D eigenvalue weighted by Crippen LogP contribution is 2.57. The van der Waals surface area contributed by atoms with E-state index in [4.69, 9.17) is 4.42 Å². The zero-order valence-corrected chi connectivity index (χ0v) is 32.3. The lowest BCUT2D eigenvalue weighted by Gasteiger charge is -2.34. The third kappa shape index (κ3) is 4.78. The number of para-hydroxylation sites is 3. The Kier molecular flexibility index (Phi) is 7.35. The average Bonchev–Trinajstić information content (AvgIpc) is 3.96. The normalized spacial score (nSPS) is 13.0. The van der Waals surface area contributed by atoms with Crippen LogP contribution in [0.5, 0.6) is 0 Å². The number of benzene rings is 9. The number of anilines is 3. The smallest absolute Gasteiger partial charge is 0.159 e. The highest BCUT2D eigenvalue weighted by atomic mass is 32.1. The Balaban J connectivity index is 1.07. The van der Waals surface area contributed by atoms with E-state index in [1.54, 1.807) is 0 Å². The van der Waals surface area contributed by atoms with E-state index in [0.29, 0.717) is 0 Å². The molecule has 1 aliphatic carbocycles. The van der Waals surface area contributed by atoms with Crippen LogP contribution in [-0.2, 0) is 5.41 Å². The minimum absolute atomic E-state index is 0.514. The Labute approximate surface area is 340 Å². The molecule has 2 nitrogen and oxygen atoms in total. The van der Waals surface area contributed by atoms with Gasteiger partial charge in [0.05, 0.1) is 11.1 Å². The zero-order chi connectivity index (χ0) is 38.2. The van der Waals surface area contributed by atoms with Gasteiger partial charge in [-0.3, -0.25) is 0 Å². The van der Waals surface area contributed by atoms with Crippen LogP contribution in [0, 0.1) is 0 Å². The molecular weight excluding hydrogens is 723 g/mol. The van der Waals surface area contributed by atoms with Crippen molar-refractivity contribution in [2.24, 2.45) is 0 Å². The quantitative estimate of drug-likeness (QED) is 0.168. The molecule has 272 valence electrons. The first-order valence-corrected chi connectivity index (χ1v) is 20.7. The summed E-state index contributed by atoms with van der Waals surface area (Å²) in [5, 5.41) is 4.83. The molecule has 3 heteroatoms. The van der Waals surface area contributed by atoms with Crippen molar-refractivity contribution in [2.45, 2.75) is 5.41 Å². The van der Waals surface area contributed by atoms with Gasteiger partial charge in [-0.2, -0.15) is 0 Å². The van der Waals surface area contributed by atoms with E-state index in [2.05, 4.69) is 217 Å². The van der Waals surface area contributed by atoms with Crippen molar-refractivity contribution in [1.29, 1.82) is 0 Å². The van der Waals surface area contributed by atoms with Crippen molar-refractivity contribution < 1.29 is 4.42 Å². The van der Waals surface area contributed by atoms with E-state index in [-0.39, 0.29) is 0 Å². The fourth-order valence-corrected chi connectivity index (χ4v) is 10.8. The highest BCUT2D eigenvalue weighted by molar-refractivity contribution is 7.25. The third-order valence-corrected chi connectivity index (χ3v) is 13.3. The Morgan fingerprint density at radius 3 is 1.69 bits per heavy atom. The van der Waals surface area contributed by atoms with E-state index in [9.17, 15) is 0 Å². The van der Waals surface area contributed by atoms with Gasteiger partial charge in [0.2, 0.25) is 0 Å². The number of hydrogen-bond acceptors (Lipinski definition) is 3. The molecule has 0 fully saturated rings. The van der Waals surface area contributed by atoms with Crippen molar-refractivity contribution in [2.75, 3.05) is 4.90 Å². The van der Waals surface area contributed by atoms with Crippen LogP contribution in [-0.4, -0.2) is 0 Å². The number of fused-ring (bicyclic) bond motifs is 9. The van der Waals surface area contributed by atoms with Crippen molar-refractivity contribution in [1.82, 2.24) is 0 Å². The molecule has 1 aliphatic rings. The first-order valence-electron chi connectivity index (χ1n) is 19.8. The van der Waals surface area contributed by atoms with Gasteiger partial charge in [-0.05, 0) is 81.4 Å². The van der Waals surface area contributed by atoms with E-state index < -0.39 is 5.41 Å². The van der Waals surface area contributed by atoms with Crippen LogP contribution in [0.25, 0.3) is 64.4 Å². The molecule has 0 saturated heterocycles.